The van der Waals surface area contributed by atoms with Gasteiger partial charge in [0.15, 0.2) is 0 Å². The molecule has 0 aliphatic carbocycles. The maximum atomic E-state index is 12.7. The van der Waals surface area contributed by atoms with Gasteiger partial charge in [0.05, 0.1) is 4.88 Å². The summed E-state index contributed by atoms with van der Waals surface area (Å²) in [6, 6.07) is 13.6. The third-order valence-corrected chi connectivity index (χ3v) is 7.98. The number of carbonyl (C=O) groups is 2. The van der Waals surface area contributed by atoms with E-state index in [1.807, 2.05) is 11.4 Å². The second-order valence-electron chi connectivity index (χ2n) is 7.37. The fourth-order valence-electron chi connectivity index (χ4n) is 3.53. The average molecular weight is 471 g/mol. The fourth-order valence-corrected chi connectivity index (χ4v) is 5.58. The standard InChI is InChI=1S/C22H22N4O4S2/c27-21(16-8-11-26(12-9-16)32(29,30)19-6-2-10-23-15-19)24-17-4-1-5-18(14-17)25-22(28)20-7-3-13-31-20/h1-7,10,13-16H,8-9,11-12H2,(H,24,27)(H,25,28). The number of carbonyl (C=O) groups excluding carboxylic acids is 2. The van der Waals surface area contributed by atoms with Crippen LogP contribution in [0.5, 0.6) is 0 Å². The van der Waals surface area contributed by atoms with Crippen molar-refractivity contribution in [2.45, 2.75) is 17.7 Å². The molecule has 0 bridgehead atoms. The van der Waals surface area contributed by atoms with Gasteiger partial charge in [0.25, 0.3) is 5.91 Å². The molecule has 2 aromatic heterocycles. The van der Waals surface area contributed by atoms with Crippen LogP contribution in [0, 0.1) is 5.92 Å². The second kappa shape index (κ2) is 9.60. The van der Waals surface area contributed by atoms with Gasteiger partial charge in [0, 0.05) is 42.8 Å². The minimum atomic E-state index is -3.61. The van der Waals surface area contributed by atoms with Crippen molar-refractivity contribution in [3.63, 3.8) is 0 Å². The third kappa shape index (κ3) is 5.04. The van der Waals surface area contributed by atoms with Crippen LogP contribution in [0.4, 0.5) is 11.4 Å². The molecule has 0 saturated carbocycles. The zero-order valence-electron chi connectivity index (χ0n) is 17.1. The number of rotatable bonds is 6. The molecular weight excluding hydrogens is 448 g/mol. The van der Waals surface area contributed by atoms with Crippen LogP contribution < -0.4 is 10.6 Å². The molecule has 10 heteroatoms. The van der Waals surface area contributed by atoms with E-state index in [2.05, 4.69) is 15.6 Å². The smallest absolute Gasteiger partial charge is 0.265 e. The van der Waals surface area contributed by atoms with Gasteiger partial charge in [-0.15, -0.1) is 11.3 Å². The van der Waals surface area contributed by atoms with Gasteiger partial charge in [0.1, 0.15) is 4.90 Å². The Morgan fingerprint density at radius 1 is 1.00 bits per heavy atom. The molecule has 8 nitrogen and oxygen atoms in total. The van der Waals surface area contributed by atoms with E-state index in [0.29, 0.717) is 29.1 Å². The zero-order chi connectivity index (χ0) is 22.6. The Kier molecular flexibility index (Phi) is 6.63. The summed E-state index contributed by atoms with van der Waals surface area (Å²) in [6.45, 7) is 0.540. The van der Waals surface area contributed by atoms with E-state index >= 15 is 0 Å². The van der Waals surface area contributed by atoms with Crippen LogP contribution in [-0.2, 0) is 14.8 Å². The molecule has 0 unspecified atom stereocenters. The molecule has 2 amide bonds. The maximum Gasteiger partial charge on any atom is 0.265 e. The molecule has 1 fully saturated rings. The zero-order valence-corrected chi connectivity index (χ0v) is 18.7. The van der Waals surface area contributed by atoms with E-state index in [4.69, 9.17) is 0 Å². The van der Waals surface area contributed by atoms with Gasteiger partial charge >= 0.3 is 0 Å². The van der Waals surface area contributed by atoms with Gasteiger partial charge in [-0.1, -0.05) is 12.1 Å². The average Bonchev–Trinajstić information content (AvgIpc) is 3.35. The number of anilines is 2. The Morgan fingerprint density at radius 3 is 2.41 bits per heavy atom. The number of hydrogen-bond acceptors (Lipinski definition) is 6. The normalized spacial score (nSPS) is 15.2. The first kappa shape index (κ1) is 22.1. The molecule has 3 heterocycles. The molecule has 0 atom stereocenters. The summed E-state index contributed by atoms with van der Waals surface area (Å²) in [5.41, 5.74) is 1.16. The van der Waals surface area contributed by atoms with Crippen molar-refractivity contribution in [1.29, 1.82) is 0 Å². The van der Waals surface area contributed by atoms with Crippen molar-refractivity contribution in [2.75, 3.05) is 23.7 Å². The monoisotopic (exact) mass is 470 g/mol. The first-order chi connectivity index (χ1) is 15.4. The molecule has 2 N–H and O–H groups in total. The summed E-state index contributed by atoms with van der Waals surface area (Å²) < 4.78 is 26.8. The maximum absolute atomic E-state index is 12.7. The van der Waals surface area contributed by atoms with Crippen LogP contribution >= 0.6 is 11.3 Å². The Hall–Kier alpha value is -3.08. The highest BCUT2D eigenvalue weighted by Crippen LogP contribution is 2.25. The number of nitrogens with one attached hydrogen (secondary N) is 2. The lowest BCUT2D eigenvalue weighted by Gasteiger charge is -2.30. The first-order valence-corrected chi connectivity index (χ1v) is 12.4. The summed E-state index contributed by atoms with van der Waals surface area (Å²) in [6.07, 6.45) is 3.72. The molecule has 1 saturated heterocycles. The lowest BCUT2D eigenvalue weighted by Crippen LogP contribution is -2.41. The van der Waals surface area contributed by atoms with Crippen LogP contribution in [0.1, 0.15) is 22.5 Å². The summed E-state index contributed by atoms with van der Waals surface area (Å²) >= 11 is 1.35. The quantitative estimate of drug-likeness (QED) is 0.574. The number of hydrogen-bond donors (Lipinski definition) is 2. The Morgan fingerprint density at radius 2 is 1.75 bits per heavy atom. The fraction of sp³-hybridized carbons (Fsp3) is 0.227. The highest BCUT2D eigenvalue weighted by atomic mass is 32.2. The SMILES string of the molecule is O=C(Nc1cccc(NC(=O)C2CCN(S(=O)(=O)c3cccnc3)CC2)c1)c1cccs1. The minimum Gasteiger partial charge on any atom is -0.326 e. The molecule has 1 aromatic carbocycles. The first-order valence-electron chi connectivity index (χ1n) is 10.1. The minimum absolute atomic E-state index is 0.157. The van der Waals surface area contributed by atoms with Gasteiger partial charge in [0.2, 0.25) is 15.9 Å². The van der Waals surface area contributed by atoms with Crippen molar-refractivity contribution < 1.29 is 18.0 Å². The summed E-state index contributed by atoms with van der Waals surface area (Å²) in [7, 11) is -3.61. The lowest BCUT2D eigenvalue weighted by atomic mass is 9.97. The van der Waals surface area contributed by atoms with Crippen molar-refractivity contribution >= 4 is 44.5 Å². The molecular formula is C22H22N4O4S2. The predicted octanol–water partition coefficient (Wildman–Crippen LogP) is 3.43. The van der Waals surface area contributed by atoms with Gasteiger partial charge in [-0.05, 0) is 54.6 Å². The number of benzene rings is 1. The number of pyridine rings is 1. The van der Waals surface area contributed by atoms with Gasteiger partial charge in [-0.25, -0.2) is 8.42 Å². The summed E-state index contributed by atoms with van der Waals surface area (Å²) in [5, 5.41) is 7.53. The molecule has 0 radical (unpaired) electrons. The molecule has 3 aromatic rings. The summed E-state index contributed by atoms with van der Waals surface area (Å²) in [4.78, 5) is 29.6. The largest absolute Gasteiger partial charge is 0.326 e. The third-order valence-electron chi connectivity index (χ3n) is 5.23. The van der Waals surface area contributed by atoms with Crippen LogP contribution in [0.3, 0.4) is 0 Å². The van der Waals surface area contributed by atoms with E-state index in [1.165, 1.54) is 34.1 Å². The van der Waals surface area contributed by atoms with Crippen molar-refractivity contribution in [1.82, 2.24) is 9.29 Å². The van der Waals surface area contributed by atoms with E-state index in [0.717, 1.165) is 0 Å². The van der Waals surface area contributed by atoms with Crippen molar-refractivity contribution in [2.24, 2.45) is 5.92 Å². The molecule has 0 spiro atoms. The molecule has 1 aliphatic heterocycles. The number of nitrogens with zero attached hydrogens (tertiary/aromatic N) is 2. The van der Waals surface area contributed by atoms with E-state index < -0.39 is 10.0 Å². The number of amides is 2. The van der Waals surface area contributed by atoms with Crippen LogP contribution in [0.15, 0.2) is 71.2 Å². The topological polar surface area (TPSA) is 108 Å². The van der Waals surface area contributed by atoms with Crippen molar-refractivity contribution in [3.8, 4) is 0 Å². The Labute approximate surface area is 190 Å². The van der Waals surface area contributed by atoms with E-state index in [-0.39, 0.29) is 35.7 Å². The predicted molar refractivity (Wildman–Crippen MR) is 123 cm³/mol. The van der Waals surface area contributed by atoms with Gasteiger partial charge in [-0.3, -0.25) is 14.6 Å². The van der Waals surface area contributed by atoms with E-state index in [9.17, 15) is 18.0 Å². The van der Waals surface area contributed by atoms with Crippen LogP contribution in [-0.4, -0.2) is 42.6 Å². The lowest BCUT2D eigenvalue weighted by molar-refractivity contribution is -0.120. The molecule has 166 valence electrons. The number of piperidine rings is 1. The highest BCUT2D eigenvalue weighted by molar-refractivity contribution is 7.89. The van der Waals surface area contributed by atoms with Gasteiger partial charge < -0.3 is 10.6 Å². The van der Waals surface area contributed by atoms with Crippen molar-refractivity contribution in [3.05, 3.63) is 71.2 Å². The Bertz CT molecular complexity index is 1190. The van der Waals surface area contributed by atoms with Crippen LogP contribution in [0.2, 0.25) is 0 Å². The number of aromatic nitrogens is 1. The van der Waals surface area contributed by atoms with E-state index in [1.54, 1.807) is 36.4 Å². The van der Waals surface area contributed by atoms with Gasteiger partial charge in [-0.2, -0.15) is 4.31 Å². The summed E-state index contributed by atoms with van der Waals surface area (Å²) in [5.74, 6) is -0.657. The molecule has 4 rings (SSSR count). The van der Waals surface area contributed by atoms with Crippen LogP contribution in [0.25, 0.3) is 0 Å². The molecule has 1 aliphatic rings. The number of thiophene rings is 1. The molecule has 32 heavy (non-hydrogen) atoms. The Balaban J connectivity index is 1.34. The number of sulfonamides is 1. The second-order valence-corrected chi connectivity index (χ2v) is 10.3. The highest BCUT2D eigenvalue weighted by Gasteiger charge is 2.32.